The molecule has 2 fully saturated rings. The van der Waals surface area contributed by atoms with Crippen LogP contribution < -0.4 is 0 Å². The highest BCUT2D eigenvalue weighted by atomic mass is 16.4. The molecule has 0 aromatic heterocycles. The molecule has 0 saturated carbocycles. The van der Waals surface area contributed by atoms with E-state index in [0.717, 1.165) is 12.8 Å². The van der Waals surface area contributed by atoms with E-state index in [1.54, 1.807) is 11.8 Å². The topological polar surface area (TPSA) is 60.9 Å². The summed E-state index contributed by atoms with van der Waals surface area (Å²) in [5.41, 5.74) is -0.780. The zero-order chi connectivity index (χ0) is 14.2. The lowest BCUT2D eigenvalue weighted by Gasteiger charge is -2.41. The molecule has 5 nitrogen and oxygen atoms in total. The summed E-state index contributed by atoms with van der Waals surface area (Å²) in [6, 6.07) is 0.533. The molecule has 0 radical (unpaired) electrons. The summed E-state index contributed by atoms with van der Waals surface area (Å²) in [4.78, 5) is 27.5. The van der Waals surface area contributed by atoms with Gasteiger partial charge in [-0.05, 0) is 46.5 Å². The molecule has 2 rings (SSSR count). The van der Waals surface area contributed by atoms with Crippen LogP contribution >= 0.6 is 0 Å². The molecule has 2 aliphatic rings. The largest absolute Gasteiger partial charge is 0.481 e. The molecule has 2 amide bonds. The molecule has 3 unspecified atom stereocenters. The number of nitrogens with zero attached hydrogens (tertiary/aromatic N) is 2. The third-order valence-electron chi connectivity index (χ3n) is 4.67. The number of carbonyl (C=O) groups is 2. The normalized spacial score (nSPS) is 35.5. The minimum absolute atomic E-state index is 0.0182. The highest BCUT2D eigenvalue weighted by Crippen LogP contribution is 2.32. The second-order valence-electron chi connectivity index (χ2n) is 6.36. The Kier molecular flexibility index (Phi) is 3.74. The number of likely N-dealkylation sites (tertiary alicyclic amines) is 2. The van der Waals surface area contributed by atoms with Gasteiger partial charge in [-0.25, -0.2) is 4.79 Å². The standard InChI is InChI=1S/C14H24N2O3/c1-10-5-4-6-11(2)16(10)13(19)15-8-7-14(3,9-15)12(17)18/h10-11H,4-9H2,1-3H3,(H,17,18). The summed E-state index contributed by atoms with van der Waals surface area (Å²) in [5.74, 6) is -0.803. The number of carboxylic acid groups (broad SMARTS) is 1. The third kappa shape index (κ3) is 2.55. The van der Waals surface area contributed by atoms with Gasteiger partial charge in [0.15, 0.2) is 0 Å². The van der Waals surface area contributed by atoms with Gasteiger partial charge < -0.3 is 14.9 Å². The average molecular weight is 268 g/mol. The molecule has 0 bridgehead atoms. The Labute approximate surface area is 114 Å². The SMILES string of the molecule is CC1CCCC(C)N1C(=O)N1CCC(C)(C(=O)O)C1. The van der Waals surface area contributed by atoms with E-state index in [1.165, 1.54) is 6.42 Å². The first kappa shape index (κ1) is 14.2. The van der Waals surface area contributed by atoms with E-state index in [4.69, 9.17) is 0 Å². The van der Waals surface area contributed by atoms with Crippen molar-refractivity contribution in [3.05, 3.63) is 0 Å². The second-order valence-corrected chi connectivity index (χ2v) is 6.36. The van der Waals surface area contributed by atoms with Crippen molar-refractivity contribution in [1.82, 2.24) is 9.80 Å². The van der Waals surface area contributed by atoms with Crippen LogP contribution in [0.25, 0.3) is 0 Å². The van der Waals surface area contributed by atoms with Gasteiger partial charge in [-0.1, -0.05) is 0 Å². The molecule has 0 aromatic carbocycles. The van der Waals surface area contributed by atoms with Gasteiger partial charge in [0.05, 0.1) is 5.41 Å². The van der Waals surface area contributed by atoms with Gasteiger partial charge >= 0.3 is 12.0 Å². The molecular weight excluding hydrogens is 244 g/mol. The first-order valence-corrected chi connectivity index (χ1v) is 7.16. The van der Waals surface area contributed by atoms with Crippen LogP contribution in [-0.2, 0) is 4.79 Å². The highest BCUT2D eigenvalue weighted by Gasteiger charge is 2.44. The van der Waals surface area contributed by atoms with E-state index < -0.39 is 11.4 Å². The van der Waals surface area contributed by atoms with Gasteiger partial charge in [0.1, 0.15) is 0 Å². The van der Waals surface area contributed by atoms with Crippen molar-refractivity contribution >= 4 is 12.0 Å². The Balaban J connectivity index is 2.06. The number of piperidine rings is 1. The molecule has 5 heteroatoms. The molecule has 3 atom stereocenters. The van der Waals surface area contributed by atoms with Crippen molar-refractivity contribution in [1.29, 1.82) is 0 Å². The minimum Gasteiger partial charge on any atom is -0.481 e. The van der Waals surface area contributed by atoms with E-state index in [1.807, 2.05) is 4.90 Å². The van der Waals surface area contributed by atoms with Gasteiger partial charge in [-0.15, -0.1) is 0 Å². The lowest BCUT2D eigenvalue weighted by molar-refractivity contribution is -0.147. The maximum Gasteiger partial charge on any atom is 0.320 e. The van der Waals surface area contributed by atoms with Crippen LogP contribution in [0.3, 0.4) is 0 Å². The van der Waals surface area contributed by atoms with E-state index in [-0.39, 0.29) is 18.1 Å². The van der Waals surface area contributed by atoms with Crippen LogP contribution in [0, 0.1) is 5.41 Å². The summed E-state index contributed by atoms with van der Waals surface area (Å²) < 4.78 is 0. The van der Waals surface area contributed by atoms with E-state index in [2.05, 4.69) is 13.8 Å². The Bertz CT molecular complexity index is 375. The second kappa shape index (κ2) is 5.02. The van der Waals surface area contributed by atoms with Gasteiger partial charge in [0, 0.05) is 25.2 Å². The summed E-state index contributed by atoms with van der Waals surface area (Å²) >= 11 is 0. The number of amides is 2. The number of carboxylic acids is 1. The monoisotopic (exact) mass is 268 g/mol. The highest BCUT2D eigenvalue weighted by molar-refractivity contribution is 5.80. The summed E-state index contributed by atoms with van der Waals surface area (Å²) in [5, 5.41) is 9.23. The number of hydrogen-bond donors (Lipinski definition) is 1. The maximum absolute atomic E-state index is 12.6. The lowest BCUT2D eigenvalue weighted by Crippen LogP contribution is -2.53. The number of urea groups is 1. The van der Waals surface area contributed by atoms with Crippen LogP contribution in [-0.4, -0.2) is 52.1 Å². The minimum atomic E-state index is -0.803. The first-order valence-electron chi connectivity index (χ1n) is 7.16. The zero-order valence-corrected chi connectivity index (χ0v) is 12.1. The summed E-state index contributed by atoms with van der Waals surface area (Å²) in [7, 11) is 0. The quantitative estimate of drug-likeness (QED) is 0.792. The van der Waals surface area contributed by atoms with E-state index >= 15 is 0 Å². The molecule has 108 valence electrons. The Morgan fingerprint density at radius 3 is 2.26 bits per heavy atom. The van der Waals surface area contributed by atoms with Crippen molar-refractivity contribution in [3.63, 3.8) is 0 Å². The smallest absolute Gasteiger partial charge is 0.320 e. The van der Waals surface area contributed by atoms with E-state index in [0.29, 0.717) is 19.5 Å². The Morgan fingerprint density at radius 2 is 1.79 bits per heavy atom. The van der Waals surface area contributed by atoms with Crippen molar-refractivity contribution in [3.8, 4) is 0 Å². The molecular formula is C14H24N2O3. The average Bonchev–Trinajstić information content (AvgIpc) is 2.73. The van der Waals surface area contributed by atoms with Crippen molar-refractivity contribution in [2.24, 2.45) is 5.41 Å². The lowest BCUT2D eigenvalue weighted by atomic mass is 9.90. The van der Waals surface area contributed by atoms with Gasteiger partial charge in [-0.3, -0.25) is 4.79 Å². The Hall–Kier alpha value is -1.26. The van der Waals surface area contributed by atoms with Crippen LogP contribution in [0.1, 0.15) is 46.5 Å². The maximum atomic E-state index is 12.6. The summed E-state index contributed by atoms with van der Waals surface area (Å²) in [6.07, 6.45) is 3.80. The predicted molar refractivity (Wildman–Crippen MR) is 71.9 cm³/mol. The van der Waals surface area contributed by atoms with Crippen LogP contribution in [0.4, 0.5) is 4.79 Å². The fraction of sp³-hybridized carbons (Fsp3) is 0.857. The number of rotatable bonds is 1. The molecule has 2 saturated heterocycles. The number of aliphatic carboxylic acids is 1. The fourth-order valence-electron chi connectivity index (χ4n) is 3.26. The van der Waals surface area contributed by atoms with Gasteiger partial charge in [0.25, 0.3) is 0 Å². The molecule has 19 heavy (non-hydrogen) atoms. The molecule has 0 aromatic rings. The van der Waals surface area contributed by atoms with Crippen molar-refractivity contribution in [2.75, 3.05) is 13.1 Å². The zero-order valence-electron chi connectivity index (χ0n) is 12.1. The van der Waals surface area contributed by atoms with Crippen LogP contribution in [0.15, 0.2) is 0 Å². The molecule has 0 aliphatic carbocycles. The third-order valence-corrected chi connectivity index (χ3v) is 4.67. The molecule has 2 heterocycles. The first-order chi connectivity index (χ1) is 8.85. The van der Waals surface area contributed by atoms with Crippen LogP contribution in [0.5, 0.6) is 0 Å². The fourth-order valence-corrected chi connectivity index (χ4v) is 3.26. The van der Waals surface area contributed by atoms with Crippen molar-refractivity contribution in [2.45, 2.75) is 58.5 Å². The molecule has 1 N–H and O–H groups in total. The van der Waals surface area contributed by atoms with E-state index in [9.17, 15) is 14.7 Å². The Morgan fingerprint density at radius 1 is 1.21 bits per heavy atom. The number of hydrogen-bond acceptors (Lipinski definition) is 2. The molecule has 0 spiro atoms. The van der Waals surface area contributed by atoms with Crippen LogP contribution in [0.2, 0.25) is 0 Å². The van der Waals surface area contributed by atoms with Gasteiger partial charge in [-0.2, -0.15) is 0 Å². The number of carbonyl (C=O) groups excluding carboxylic acids is 1. The predicted octanol–water partition coefficient (Wildman–Crippen LogP) is 2.17. The van der Waals surface area contributed by atoms with Crippen molar-refractivity contribution < 1.29 is 14.7 Å². The molecule has 2 aliphatic heterocycles. The summed E-state index contributed by atoms with van der Waals surface area (Å²) in [6.45, 7) is 6.78. The van der Waals surface area contributed by atoms with Gasteiger partial charge in [0.2, 0.25) is 0 Å².